The fourth-order valence-corrected chi connectivity index (χ4v) is 3.46. The molecule has 7 nitrogen and oxygen atoms in total. The van der Waals surface area contributed by atoms with Crippen LogP contribution in [-0.4, -0.2) is 22.2 Å². The monoisotopic (exact) mass is 359 g/mol. The van der Waals surface area contributed by atoms with Crippen LogP contribution in [0, 0.1) is 17.0 Å². The molecule has 0 aliphatic heterocycles. The van der Waals surface area contributed by atoms with Crippen molar-refractivity contribution in [3.63, 3.8) is 0 Å². The summed E-state index contributed by atoms with van der Waals surface area (Å²) in [5.74, 6) is 0.928. The zero-order chi connectivity index (χ0) is 18.0. The van der Waals surface area contributed by atoms with E-state index in [9.17, 15) is 10.1 Å². The van der Waals surface area contributed by atoms with Crippen LogP contribution in [0.15, 0.2) is 40.1 Å². The Morgan fingerprint density at radius 1 is 1.28 bits per heavy atom. The van der Waals surface area contributed by atoms with Crippen molar-refractivity contribution < 1.29 is 14.2 Å². The zero-order valence-corrected chi connectivity index (χ0v) is 15.0. The molecule has 0 radical (unpaired) electrons. The van der Waals surface area contributed by atoms with Gasteiger partial charge < -0.3 is 9.32 Å². The third-order valence-electron chi connectivity index (χ3n) is 4.28. The molecule has 0 saturated heterocycles. The first-order chi connectivity index (χ1) is 12.0. The number of aromatic nitrogens is 2. The first-order valence-electron chi connectivity index (χ1n) is 7.89. The second-order valence-electron chi connectivity index (χ2n) is 6.02. The molecule has 0 fully saturated rings. The number of thiophene rings is 1. The van der Waals surface area contributed by atoms with Crippen LogP contribution >= 0.6 is 11.3 Å². The molecule has 0 bridgehead atoms. The van der Waals surface area contributed by atoms with Gasteiger partial charge in [-0.2, -0.15) is 0 Å². The van der Waals surface area contributed by atoms with Gasteiger partial charge in [0, 0.05) is 17.7 Å². The summed E-state index contributed by atoms with van der Waals surface area (Å²) in [5.41, 5.74) is 2.00. The van der Waals surface area contributed by atoms with E-state index in [0.717, 1.165) is 6.54 Å². The second kappa shape index (κ2) is 7.12. The maximum atomic E-state index is 10.7. The van der Waals surface area contributed by atoms with Crippen molar-refractivity contribution in [2.24, 2.45) is 0 Å². The summed E-state index contributed by atoms with van der Waals surface area (Å²) in [4.78, 5) is 12.9. The molecule has 1 aromatic carbocycles. The highest BCUT2D eigenvalue weighted by Gasteiger charge is 2.23. The van der Waals surface area contributed by atoms with E-state index < -0.39 is 4.92 Å². The number of nitro benzene ring substituents is 1. The number of quaternary nitrogens is 1. The molecule has 1 N–H and O–H groups in total. The van der Waals surface area contributed by atoms with Crippen molar-refractivity contribution in [1.82, 2.24) is 10.2 Å². The van der Waals surface area contributed by atoms with E-state index in [1.54, 1.807) is 23.5 Å². The summed E-state index contributed by atoms with van der Waals surface area (Å²) < 4.78 is 5.79. The molecule has 1 unspecified atom stereocenters. The lowest BCUT2D eigenvalue weighted by atomic mass is 10.2. The van der Waals surface area contributed by atoms with E-state index in [1.807, 2.05) is 6.92 Å². The number of rotatable bonds is 6. The van der Waals surface area contributed by atoms with Gasteiger partial charge >= 0.3 is 0 Å². The Bertz CT molecular complexity index is 872. The van der Waals surface area contributed by atoms with E-state index in [1.165, 1.54) is 27.5 Å². The van der Waals surface area contributed by atoms with Crippen LogP contribution in [0.2, 0.25) is 0 Å². The molecule has 0 saturated carbocycles. The van der Waals surface area contributed by atoms with Gasteiger partial charge in [0.1, 0.15) is 6.54 Å². The number of hydrogen-bond donors (Lipinski definition) is 1. The van der Waals surface area contributed by atoms with Gasteiger partial charge in [-0.1, -0.05) is 0 Å². The third kappa shape index (κ3) is 3.75. The Morgan fingerprint density at radius 2 is 2.00 bits per heavy atom. The molecule has 3 rings (SSSR count). The standard InChI is InChI=1S/C17H18N4O3S/c1-11-8-9-25-15(11)10-20(3)12(2)16-18-19-17(24-16)13-4-6-14(7-5-13)21(22)23/h4-9,12H,10H2,1-3H3/p+1/t12-/m0/s1. The van der Waals surface area contributed by atoms with Crippen LogP contribution in [0.3, 0.4) is 0 Å². The minimum absolute atomic E-state index is 0.0346. The average Bonchev–Trinajstić information content (AvgIpc) is 3.24. The predicted molar refractivity (Wildman–Crippen MR) is 94.5 cm³/mol. The van der Waals surface area contributed by atoms with Crippen LogP contribution in [0.5, 0.6) is 0 Å². The SMILES string of the molecule is Cc1ccsc1C[NH+](C)[C@@H](C)c1nnc(-c2ccc([N+](=O)[O-])cc2)o1. The normalized spacial score (nSPS) is 13.6. The first-order valence-corrected chi connectivity index (χ1v) is 8.77. The highest BCUT2D eigenvalue weighted by Crippen LogP contribution is 2.22. The lowest BCUT2D eigenvalue weighted by Crippen LogP contribution is -3.07. The van der Waals surface area contributed by atoms with Crippen LogP contribution in [-0.2, 0) is 6.54 Å². The van der Waals surface area contributed by atoms with E-state index in [0.29, 0.717) is 17.3 Å². The van der Waals surface area contributed by atoms with Gasteiger partial charge in [0.2, 0.25) is 5.89 Å². The summed E-state index contributed by atoms with van der Waals surface area (Å²) >= 11 is 1.75. The maximum Gasteiger partial charge on any atom is 0.274 e. The van der Waals surface area contributed by atoms with Crippen molar-refractivity contribution >= 4 is 17.0 Å². The van der Waals surface area contributed by atoms with Gasteiger partial charge in [0.25, 0.3) is 11.6 Å². The van der Waals surface area contributed by atoms with E-state index in [2.05, 4.69) is 35.6 Å². The topological polar surface area (TPSA) is 86.5 Å². The molecule has 25 heavy (non-hydrogen) atoms. The smallest absolute Gasteiger partial charge is 0.274 e. The summed E-state index contributed by atoms with van der Waals surface area (Å²) in [6.07, 6.45) is 0. The van der Waals surface area contributed by atoms with Gasteiger partial charge in [0.05, 0.1) is 16.8 Å². The van der Waals surface area contributed by atoms with Gasteiger partial charge in [-0.25, -0.2) is 0 Å². The van der Waals surface area contributed by atoms with Gasteiger partial charge in [0.15, 0.2) is 6.04 Å². The van der Waals surface area contributed by atoms with Crippen molar-refractivity contribution in [2.75, 3.05) is 7.05 Å². The Hall–Kier alpha value is -2.58. The molecule has 2 aromatic heterocycles. The molecule has 2 heterocycles. The number of nitrogens with zero attached hydrogens (tertiary/aromatic N) is 3. The molecule has 0 aliphatic carbocycles. The van der Waals surface area contributed by atoms with Crippen LogP contribution < -0.4 is 4.90 Å². The molecular formula is C17H19N4O3S+. The molecule has 2 atom stereocenters. The van der Waals surface area contributed by atoms with Crippen LogP contribution in [0.1, 0.15) is 29.3 Å². The Kier molecular flexibility index (Phi) is 4.91. The van der Waals surface area contributed by atoms with Crippen LogP contribution in [0.4, 0.5) is 5.69 Å². The lowest BCUT2D eigenvalue weighted by molar-refractivity contribution is -0.925. The highest BCUT2D eigenvalue weighted by molar-refractivity contribution is 7.10. The second-order valence-corrected chi connectivity index (χ2v) is 7.02. The quantitative estimate of drug-likeness (QED) is 0.540. The summed E-state index contributed by atoms with van der Waals surface area (Å²) in [6, 6.07) is 8.26. The van der Waals surface area contributed by atoms with Crippen molar-refractivity contribution in [3.8, 4) is 11.5 Å². The van der Waals surface area contributed by atoms with E-state index in [-0.39, 0.29) is 11.7 Å². The van der Waals surface area contributed by atoms with Crippen molar-refractivity contribution in [3.05, 3.63) is 62.2 Å². The number of hydrogen-bond acceptors (Lipinski definition) is 6. The first kappa shape index (κ1) is 17.2. The van der Waals surface area contributed by atoms with Crippen molar-refractivity contribution in [2.45, 2.75) is 26.4 Å². The maximum absolute atomic E-state index is 10.7. The van der Waals surface area contributed by atoms with E-state index >= 15 is 0 Å². The van der Waals surface area contributed by atoms with Crippen LogP contribution in [0.25, 0.3) is 11.5 Å². The number of non-ortho nitro benzene ring substituents is 1. The summed E-state index contributed by atoms with van der Waals surface area (Å²) in [5, 5.41) is 21.1. The molecule has 0 spiro atoms. The summed E-state index contributed by atoms with van der Waals surface area (Å²) in [7, 11) is 2.10. The van der Waals surface area contributed by atoms with Gasteiger partial charge in [-0.15, -0.1) is 21.5 Å². The fourth-order valence-electron chi connectivity index (χ4n) is 2.45. The Morgan fingerprint density at radius 3 is 2.60 bits per heavy atom. The average molecular weight is 359 g/mol. The highest BCUT2D eigenvalue weighted by atomic mass is 32.1. The number of benzene rings is 1. The minimum atomic E-state index is -0.435. The minimum Gasteiger partial charge on any atom is -0.415 e. The largest absolute Gasteiger partial charge is 0.415 e. The molecular weight excluding hydrogens is 340 g/mol. The zero-order valence-electron chi connectivity index (χ0n) is 14.2. The molecule has 0 aliphatic rings. The van der Waals surface area contributed by atoms with E-state index in [4.69, 9.17) is 4.42 Å². The van der Waals surface area contributed by atoms with Gasteiger partial charge in [-0.3, -0.25) is 10.1 Å². The lowest BCUT2D eigenvalue weighted by Gasteiger charge is -2.18. The predicted octanol–water partition coefficient (Wildman–Crippen LogP) is 2.79. The number of nitrogens with one attached hydrogen (secondary N) is 1. The Labute approximate surface area is 149 Å². The number of aryl methyl sites for hydroxylation is 1. The Balaban J connectivity index is 1.73. The van der Waals surface area contributed by atoms with Crippen molar-refractivity contribution in [1.29, 1.82) is 0 Å². The molecule has 8 heteroatoms. The molecule has 130 valence electrons. The fraction of sp³-hybridized carbons (Fsp3) is 0.294. The third-order valence-corrected chi connectivity index (χ3v) is 5.31. The number of nitro groups is 1. The summed E-state index contributed by atoms with van der Waals surface area (Å²) in [6.45, 7) is 5.05. The van der Waals surface area contributed by atoms with Gasteiger partial charge in [-0.05, 0) is 43.0 Å². The molecule has 0 amide bonds. The molecule has 3 aromatic rings.